The Morgan fingerprint density at radius 2 is 1.80 bits per heavy atom. The molecule has 5 N–H and O–H groups in total. The SMILES string of the molecule is C=COC(=O)C(O)C(O)C(O)C(O)CO. The Kier molecular flexibility index (Phi) is 6.06. The first-order valence-electron chi connectivity index (χ1n) is 4.10. The largest absolute Gasteiger partial charge is 0.433 e. The van der Waals surface area contributed by atoms with Crippen LogP contribution in [0.25, 0.3) is 0 Å². The number of aliphatic hydroxyl groups excluding tert-OH is 5. The molecule has 0 bridgehead atoms. The molecule has 15 heavy (non-hydrogen) atoms. The van der Waals surface area contributed by atoms with Crippen LogP contribution in [0.2, 0.25) is 0 Å². The second-order valence-corrected chi connectivity index (χ2v) is 2.78. The first-order chi connectivity index (χ1) is 6.95. The highest BCUT2D eigenvalue weighted by molar-refractivity contribution is 5.75. The van der Waals surface area contributed by atoms with Crippen LogP contribution in [0.5, 0.6) is 0 Å². The summed E-state index contributed by atoms with van der Waals surface area (Å²) in [4.78, 5) is 10.8. The average molecular weight is 222 g/mol. The smallest absolute Gasteiger partial charge is 0.342 e. The van der Waals surface area contributed by atoms with Gasteiger partial charge in [0.2, 0.25) is 0 Å². The molecule has 0 aromatic carbocycles. The van der Waals surface area contributed by atoms with Gasteiger partial charge in [0.05, 0.1) is 12.9 Å². The third-order valence-electron chi connectivity index (χ3n) is 1.70. The van der Waals surface area contributed by atoms with Gasteiger partial charge in [-0.15, -0.1) is 0 Å². The molecular formula is C8H14O7. The highest BCUT2D eigenvalue weighted by Crippen LogP contribution is 2.06. The van der Waals surface area contributed by atoms with Gasteiger partial charge in [-0.3, -0.25) is 0 Å². The van der Waals surface area contributed by atoms with E-state index in [1.54, 1.807) is 0 Å². The molecule has 0 aliphatic rings. The standard InChI is InChI=1S/C8H14O7/c1-2-15-8(14)7(13)6(12)5(11)4(10)3-9/h2,4-7,9-13H,1,3H2. The summed E-state index contributed by atoms with van der Waals surface area (Å²) in [5, 5.41) is 44.8. The summed E-state index contributed by atoms with van der Waals surface area (Å²) in [5.41, 5.74) is 0. The molecule has 0 saturated carbocycles. The maximum absolute atomic E-state index is 10.8. The predicted molar refractivity (Wildman–Crippen MR) is 47.4 cm³/mol. The first-order valence-corrected chi connectivity index (χ1v) is 4.10. The van der Waals surface area contributed by atoms with Crippen molar-refractivity contribution in [1.29, 1.82) is 0 Å². The fraction of sp³-hybridized carbons (Fsp3) is 0.625. The number of rotatable bonds is 6. The molecule has 88 valence electrons. The summed E-state index contributed by atoms with van der Waals surface area (Å²) in [6.45, 7) is 2.23. The Bertz CT molecular complexity index is 217. The number of hydrogen-bond acceptors (Lipinski definition) is 7. The van der Waals surface area contributed by atoms with E-state index < -0.39 is 37.0 Å². The quantitative estimate of drug-likeness (QED) is 0.241. The third-order valence-corrected chi connectivity index (χ3v) is 1.70. The van der Waals surface area contributed by atoms with E-state index in [1.165, 1.54) is 0 Å². The average Bonchev–Trinajstić information content (AvgIpc) is 2.25. The number of esters is 1. The molecule has 4 unspecified atom stereocenters. The van der Waals surface area contributed by atoms with Crippen LogP contribution in [0.15, 0.2) is 12.8 Å². The summed E-state index contributed by atoms with van der Waals surface area (Å²) in [6.07, 6.45) is -6.76. The monoisotopic (exact) mass is 222 g/mol. The van der Waals surface area contributed by atoms with Gasteiger partial charge in [-0.25, -0.2) is 4.79 Å². The van der Waals surface area contributed by atoms with E-state index in [9.17, 15) is 9.90 Å². The molecule has 0 aromatic rings. The summed E-state index contributed by atoms with van der Waals surface area (Å²) >= 11 is 0. The summed E-state index contributed by atoms with van der Waals surface area (Å²) in [6, 6.07) is 0. The van der Waals surface area contributed by atoms with Gasteiger partial charge in [-0.1, -0.05) is 6.58 Å². The zero-order valence-electron chi connectivity index (χ0n) is 7.85. The molecule has 0 aliphatic heterocycles. The van der Waals surface area contributed by atoms with E-state index >= 15 is 0 Å². The van der Waals surface area contributed by atoms with Crippen molar-refractivity contribution >= 4 is 5.97 Å². The fourth-order valence-corrected chi connectivity index (χ4v) is 0.814. The van der Waals surface area contributed by atoms with E-state index in [2.05, 4.69) is 11.3 Å². The molecule has 0 fully saturated rings. The van der Waals surface area contributed by atoms with Crippen LogP contribution in [-0.4, -0.2) is 62.5 Å². The molecule has 0 amide bonds. The van der Waals surface area contributed by atoms with Crippen molar-refractivity contribution in [2.45, 2.75) is 24.4 Å². The molecule has 0 rings (SSSR count). The molecule has 0 aliphatic carbocycles. The van der Waals surface area contributed by atoms with Gasteiger partial charge in [0.15, 0.2) is 6.10 Å². The Balaban J connectivity index is 4.35. The molecule has 7 heteroatoms. The van der Waals surface area contributed by atoms with Gasteiger partial charge < -0.3 is 30.3 Å². The van der Waals surface area contributed by atoms with Crippen molar-refractivity contribution in [3.05, 3.63) is 12.8 Å². The van der Waals surface area contributed by atoms with Crippen molar-refractivity contribution in [2.24, 2.45) is 0 Å². The summed E-state index contributed by atoms with van der Waals surface area (Å²) in [7, 11) is 0. The molecule has 0 radical (unpaired) electrons. The van der Waals surface area contributed by atoms with E-state index in [4.69, 9.17) is 20.4 Å². The van der Waals surface area contributed by atoms with Crippen LogP contribution in [-0.2, 0) is 9.53 Å². The van der Waals surface area contributed by atoms with Gasteiger partial charge in [-0.2, -0.15) is 0 Å². The van der Waals surface area contributed by atoms with Gasteiger partial charge in [0, 0.05) is 0 Å². The molecule has 0 aromatic heterocycles. The molecule has 0 saturated heterocycles. The van der Waals surface area contributed by atoms with E-state index in [1.807, 2.05) is 0 Å². The lowest BCUT2D eigenvalue weighted by molar-refractivity contribution is -0.165. The molecule has 0 heterocycles. The van der Waals surface area contributed by atoms with Crippen molar-refractivity contribution in [1.82, 2.24) is 0 Å². The molecule has 4 atom stereocenters. The lowest BCUT2D eigenvalue weighted by atomic mass is 10.0. The Hall–Kier alpha value is -0.990. The van der Waals surface area contributed by atoms with Crippen molar-refractivity contribution in [2.75, 3.05) is 6.61 Å². The van der Waals surface area contributed by atoms with Crippen molar-refractivity contribution in [3.63, 3.8) is 0 Å². The van der Waals surface area contributed by atoms with Gasteiger partial charge in [-0.05, 0) is 0 Å². The number of carbonyl (C=O) groups is 1. The molecule has 7 nitrogen and oxygen atoms in total. The maximum Gasteiger partial charge on any atom is 0.342 e. The predicted octanol–water partition coefficient (Wildman–Crippen LogP) is -2.89. The van der Waals surface area contributed by atoms with E-state index in [0.29, 0.717) is 0 Å². The van der Waals surface area contributed by atoms with Gasteiger partial charge in [0.25, 0.3) is 0 Å². The highest BCUT2D eigenvalue weighted by Gasteiger charge is 2.34. The second-order valence-electron chi connectivity index (χ2n) is 2.78. The summed E-state index contributed by atoms with van der Waals surface area (Å²) < 4.78 is 4.15. The maximum atomic E-state index is 10.8. The van der Waals surface area contributed by atoms with E-state index in [-0.39, 0.29) is 0 Å². The molecular weight excluding hydrogens is 208 g/mol. The summed E-state index contributed by atoms with van der Waals surface area (Å²) in [5.74, 6) is -1.22. The number of carbonyl (C=O) groups excluding carboxylic acids is 1. The van der Waals surface area contributed by atoms with Crippen LogP contribution in [0.1, 0.15) is 0 Å². The van der Waals surface area contributed by atoms with Crippen molar-refractivity contribution in [3.8, 4) is 0 Å². The zero-order chi connectivity index (χ0) is 12.0. The van der Waals surface area contributed by atoms with Crippen LogP contribution in [0.3, 0.4) is 0 Å². The van der Waals surface area contributed by atoms with Crippen LogP contribution in [0, 0.1) is 0 Å². The minimum Gasteiger partial charge on any atom is -0.433 e. The normalized spacial score (nSPS) is 18.7. The van der Waals surface area contributed by atoms with E-state index in [0.717, 1.165) is 6.26 Å². The minimum absolute atomic E-state index is 0.743. The Labute approximate surface area is 85.9 Å². The Morgan fingerprint density at radius 3 is 2.20 bits per heavy atom. The second kappa shape index (κ2) is 6.49. The molecule has 0 spiro atoms. The lowest BCUT2D eigenvalue weighted by Gasteiger charge is -2.23. The first kappa shape index (κ1) is 14.0. The topological polar surface area (TPSA) is 127 Å². The van der Waals surface area contributed by atoms with Gasteiger partial charge >= 0.3 is 5.97 Å². The number of aliphatic hydroxyl groups is 5. The highest BCUT2D eigenvalue weighted by atomic mass is 16.5. The lowest BCUT2D eigenvalue weighted by Crippen LogP contribution is -2.48. The number of hydrogen-bond donors (Lipinski definition) is 5. The van der Waals surface area contributed by atoms with Crippen LogP contribution < -0.4 is 0 Å². The van der Waals surface area contributed by atoms with Crippen LogP contribution in [0.4, 0.5) is 0 Å². The fourth-order valence-electron chi connectivity index (χ4n) is 0.814. The third kappa shape index (κ3) is 3.94. The zero-order valence-corrected chi connectivity index (χ0v) is 7.85. The van der Waals surface area contributed by atoms with Crippen molar-refractivity contribution < 1.29 is 35.1 Å². The van der Waals surface area contributed by atoms with Gasteiger partial charge in [0.1, 0.15) is 18.3 Å². The number of ether oxygens (including phenoxy) is 1. The minimum atomic E-state index is -2.03. The Morgan fingerprint density at radius 1 is 1.27 bits per heavy atom. The van der Waals surface area contributed by atoms with Crippen LogP contribution >= 0.6 is 0 Å².